The Hall–Kier alpha value is -0.600. The summed E-state index contributed by atoms with van der Waals surface area (Å²) in [6, 6.07) is 2.45. The van der Waals surface area contributed by atoms with Crippen LogP contribution in [0.25, 0.3) is 0 Å². The summed E-state index contributed by atoms with van der Waals surface area (Å²) in [5.41, 5.74) is 0. The summed E-state index contributed by atoms with van der Waals surface area (Å²) in [5, 5.41) is 11.3. The van der Waals surface area contributed by atoms with E-state index in [2.05, 4.69) is 53.1 Å². The fraction of sp³-hybridized carbons (Fsp3) is 0.273. The SMILES string of the molecule is CC(=O)NC(COc1c(Br)cc(Br)cc1Br)C(=O)O. The zero-order valence-electron chi connectivity index (χ0n) is 9.75. The van der Waals surface area contributed by atoms with Crippen LogP contribution in [0.2, 0.25) is 0 Å². The number of ether oxygens (including phenoxy) is 1. The molecule has 1 unspecified atom stereocenters. The highest BCUT2D eigenvalue weighted by molar-refractivity contribution is 9.11. The lowest BCUT2D eigenvalue weighted by molar-refractivity contribution is -0.142. The third kappa shape index (κ3) is 5.12. The van der Waals surface area contributed by atoms with Gasteiger partial charge in [0.25, 0.3) is 0 Å². The molecule has 5 nitrogen and oxygen atoms in total. The molecule has 0 aromatic heterocycles. The van der Waals surface area contributed by atoms with Gasteiger partial charge >= 0.3 is 5.97 Å². The van der Waals surface area contributed by atoms with Gasteiger partial charge in [0.15, 0.2) is 6.04 Å². The van der Waals surface area contributed by atoms with Gasteiger partial charge in [-0.3, -0.25) is 4.79 Å². The number of benzene rings is 1. The molecule has 0 saturated carbocycles. The zero-order chi connectivity index (χ0) is 14.6. The van der Waals surface area contributed by atoms with Crippen LogP contribution in [0.1, 0.15) is 6.92 Å². The van der Waals surface area contributed by atoms with E-state index in [4.69, 9.17) is 9.84 Å². The molecule has 0 saturated heterocycles. The molecule has 2 N–H and O–H groups in total. The van der Waals surface area contributed by atoms with Crippen molar-refractivity contribution < 1.29 is 19.4 Å². The summed E-state index contributed by atoms with van der Waals surface area (Å²) < 4.78 is 7.61. The van der Waals surface area contributed by atoms with Crippen LogP contribution in [0.3, 0.4) is 0 Å². The smallest absolute Gasteiger partial charge is 0.329 e. The number of nitrogens with one attached hydrogen (secondary N) is 1. The highest BCUT2D eigenvalue weighted by Crippen LogP contribution is 2.36. The summed E-state index contributed by atoms with van der Waals surface area (Å²) in [5.74, 6) is -1.11. The Labute approximate surface area is 135 Å². The largest absolute Gasteiger partial charge is 0.488 e. The van der Waals surface area contributed by atoms with E-state index in [1.165, 1.54) is 6.92 Å². The molecule has 0 spiro atoms. The van der Waals surface area contributed by atoms with Crippen LogP contribution in [-0.2, 0) is 9.59 Å². The molecular weight excluding hydrogens is 450 g/mol. The van der Waals surface area contributed by atoms with Gasteiger partial charge in [-0.25, -0.2) is 4.79 Å². The van der Waals surface area contributed by atoms with Crippen molar-refractivity contribution in [1.82, 2.24) is 5.32 Å². The van der Waals surface area contributed by atoms with Crippen LogP contribution in [0.4, 0.5) is 0 Å². The molecule has 1 aromatic rings. The third-order valence-corrected chi connectivity index (χ3v) is 3.67. The quantitative estimate of drug-likeness (QED) is 0.710. The number of carboxylic acid groups (broad SMARTS) is 1. The minimum absolute atomic E-state index is 0.173. The highest BCUT2D eigenvalue weighted by atomic mass is 79.9. The van der Waals surface area contributed by atoms with Crippen LogP contribution in [-0.4, -0.2) is 29.6 Å². The molecule has 0 aliphatic rings. The molecule has 19 heavy (non-hydrogen) atoms. The Morgan fingerprint density at radius 2 is 1.84 bits per heavy atom. The normalized spacial score (nSPS) is 11.8. The predicted molar refractivity (Wildman–Crippen MR) is 80.3 cm³/mol. The molecule has 1 aromatic carbocycles. The number of rotatable bonds is 5. The second-order valence-corrected chi connectivity index (χ2v) is 6.23. The van der Waals surface area contributed by atoms with Gasteiger partial charge in [-0.1, -0.05) is 15.9 Å². The van der Waals surface area contributed by atoms with E-state index in [9.17, 15) is 9.59 Å². The maximum absolute atomic E-state index is 11.0. The van der Waals surface area contributed by atoms with E-state index in [0.717, 1.165) is 4.47 Å². The van der Waals surface area contributed by atoms with Crippen LogP contribution < -0.4 is 10.1 Å². The highest BCUT2D eigenvalue weighted by Gasteiger charge is 2.20. The molecule has 1 atom stereocenters. The standard InChI is InChI=1S/C11H10Br3NO4/c1-5(16)15-9(11(17)18)4-19-10-7(13)2-6(12)3-8(10)14/h2-3,9H,4H2,1H3,(H,15,16)(H,17,18). The van der Waals surface area contributed by atoms with Crippen molar-refractivity contribution in [1.29, 1.82) is 0 Å². The second-order valence-electron chi connectivity index (χ2n) is 3.60. The first-order valence-electron chi connectivity index (χ1n) is 5.08. The summed E-state index contributed by atoms with van der Waals surface area (Å²) in [6.45, 7) is 1.08. The van der Waals surface area contributed by atoms with E-state index in [1.807, 2.05) is 0 Å². The van der Waals surface area contributed by atoms with Crippen molar-refractivity contribution in [3.05, 3.63) is 25.6 Å². The van der Waals surface area contributed by atoms with Gasteiger partial charge in [-0.15, -0.1) is 0 Å². The molecule has 0 bridgehead atoms. The van der Waals surface area contributed by atoms with Crippen molar-refractivity contribution in [2.45, 2.75) is 13.0 Å². The van der Waals surface area contributed by atoms with Gasteiger partial charge in [0.1, 0.15) is 12.4 Å². The number of halogens is 3. The number of hydrogen-bond acceptors (Lipinski definition) is 3. The van der Waals surface area contributed by atoms with E-state index in [1.54, 1.807) is 12.1 Å². The van der Waals surface area contributed by atoms with Gasteiger partial charge < -0.3 is 15.2 Å². The first-order valence-corrected chi connectivity index (χ1v) is 7.46. The maximum Gasteiger partial charge on any atom is 0.329 e. The van der Waals surface area contributed by atoms with Crippen molar-refractivity contribution in [2.75, 3.05) is 6.61 Å². The number of carboxylic acids is 1. The van der Waals surface area contributed by atoms with E-state index in [0.29, 0.717) is 14.7 Å². The molecule has 0 aliphatic carbocycles. The first-order chi connectivity index (χ1) is 8.81. The van der Waals surface area contributed by atoms with Crippen LogP contribution in [0.5, 0.6) is 5.75 Å². The Bertz CT molecular complexity index is 484. The minimum atomic E-state index is -1.15. The average Bonchev–Trinajstić information content (AvgIpc) is 2.25. The van der Waals surface area contributed by atoms with E-state index < -0.39 is 17.9 Å². The second kappa shape index (κ2) is 7.25. The fourth-order valence-corrected chi connectivity index (χ4v) is 3.74. The monoisotopic (exact) mass is 457 g/mol. The lowest BCUT2D eigenvalue weighted by Gasteiger charge is -2.16. The first kappa shape index (κ1) is 16.5. The molecule has 104 valence electrons. The number of aliphatic carboxylic acids is 1. The molecule has 1 amide bonds. The maximum atomic E-state index is 11.0. The molecule has 0 aliphatic heterocycles. The average molecular weight is 460 g/mol. The fourth-order valence-electron chi connectivity index (χ4n) is 1.25. The van der Waals surface area contributed by atoms with Crippen LogP contribution in [0.15, 0.2) is 25.6 Å². The molecule has 0 radical (unpaired) electrons. The minimum Gasteiger partial charge on any atom is -0.488 e. The van der Waals surface area contributed by atoms with Crippen molar-refractivity contribution in [3.63, 3.8) is 0 Å². The molecule has 0 fully saturated rings. The molecule has 8 heteroatoms. The number of carbonyl (C=O) groups excluding carboxylic acids is 1. The van der Waals surface area contributed by atoms with Gasteiger partial charge in [-0.05, 0) is 44.0 Å². The Balaban J connectivity index is 2.80. The van der Waals surface area contributed by atoms with E-state index >= 15 is 0 Å². The summed E-state index contributed by atoms with van der Waals surface area (Å²) in [6.07, 6.45) is 0. The lowest BCUT2D eigenvalue weighted by Crippen LogP contribution is -2.43. The van der Waals surface area contributed by atoms with Crippen molar-refractivity contribution >= 4 is 59.7 Å². The Morgan fingerprint density at radius 1 is 1.32 bits per heavy atom. The van der Waals surface area contributed by atoms with Crippen molar-refractivity contribution in [3.8, 4) is 5.75 Å². The predicted octanol–water partition coefficient (Wildman–Crippen LogP) is 2.94. The van der Waals surface area contributed by atoms with Crippen LogP contribution >= 0.6 is 47.8 Å². The number of amides is 1. The summed E-state index contributed by atoms with van der Waals surface area (Å²) >= 11 is 9.95. The van der Waals surface area contributed by atoms with E-state index in [-0.39, 0.29) is 6.61 Å². The Kier molecular flexibility index (Phi) is 6.28. The third-order valence-electron chi connectivity index (χ3n) is 2.03. The Morgan fingerprint density at radius 3 is 2.26 bits per heavy atom. The lowest BCUT2D eigenvalue weighted by atomic mass is 10.3. The topological polar surface area (TPSA) is 75.6 Å². The molecule has 0 heterocycles. The summed E-state index contributed by atoms with van der Waals surface area (Å²) in [4.78, 5) is 21.8. The van der Waals surface area contributed by atoms with Crippen molar-refractivity contribution in [2.24, 2.45) is 0 Å². The molecular formula is C11H10Br3NO4. The van der Waals surface area contributed by atoms with Crippen LogP contribution in [0, 0.1) is 0 Å². The number of hydrogen-bond donors (Lipinski definition) is 2. The van der Waals surface area contributed by atoms with Gasteiger partial charge in [-0.2, -0.15) is 0 Å². The van der Waals surface area contributed by atoms with Gasteiger partial charge in [0, 0.05) is 11.4 Å². The van der Waals surface area contributed by atoms with Gasteiger partial charge in [0.2, 0.25) is 5.91 Å². The zero-order valence-corrected chi connectivity index (χ0v) is 14.5. The van der Waals surface area contributed by atoms with Gasteiger partial charge in [0.05, 0.1) is 8.95 Å². The number of carbonyl (C=O) groups is 2. The molecule has 1 rings (SSSR count). The summed E-state index contributed by atoms with van der Waals surface area (Å²) in [7, 11) is 0.